The van der Waals surface area contributed by atoms with E-state index >= 15 is 0 Å². The number of para-hydroxylation sites is 1. The molecule has 0 radical (unpaired) electrons. The SMILES string of the molecule is O=C(O)Oc1ccccc1.[LiH]. The Morgan fingerprint density at radius 2 is 1.82 bits per heavy atom. The second-order valence-corrected chi connectivity index (χ2v) is 1.68. The first-order chi connectivity index (χ1) is 4.79. The molecular formula is C7H7LiO3. The van der Waals surface area contributed by atoms with Crippen LogP contribution in [0, 0.1) is 0 Å². The van der Waals surface area contributed by atoms with E-state index in [-0.39, 0.29) is 18.9 Å². The van der Waals surface area contributed by atoms with Crippen LogP contribution < -0.4 is 4.74 Å². The van der Waals surface area contributed by atoms with Crippen LogP contribution >= 0.6 is 0 Å². The molecule has 0 spiro atoms. The van der Waals surface area contributed by atoms with Gasteiger partial charge in [0.25, 0.3) is 0 Å². The van der Waals surface area contributed by atoms with Crippen LogP contribution in [0.15, 0.2) is 30.3 Å². The number of hydrogen-bond acceptors (Lipinski definition) is 2. The van der Waals surface area contributed by atoms with Gasteiger partial charge in [-0.1, -0.05) is 18.2 Å². The van der Waals surface area contributed by atoms with Crippen molar-refractivity contribution in [2.45, 2.75) is 0 Å². The van der Waals surface area contributed by atoms with Crippen molar-refractivity contribution < 1.29 is 14.6 Å². The van der Waals surface area contributed by atoms with Gasteiger partial charge in [0.1, 0.15) is 5.75 Å². The molecule has 0 fully saturated rings. The Bertz CT molecular complexity index is 222. The van der Waals surface area contributed by atoms with Gasteiger partial charge in [-0.15, -0.1) is 0 Å². The maximum absolute atomic E-state index is 9.95. The third-order valence-electron chi connectivity index (χ3n) is 0.948. The first-order valence-electron chi connectivity index (χ1n) is 2.75. The Balaban J connectivity index is 0.000001000. The Labute approximate surface area is 76.2 Å². The number of benzene rings is 1. The van der Waals surface area contributed by atoms with Crippen molar-refractivity contribution in [3.8, 4) is 5.75 Å². The van der Waals surface area contributed by atoms with Gasteiger partial charge in [-0.2, -0.15) is 0 Å². The van der Waals surface area contributed by atoms with Crippen molar-refractivity contribution in [1.29, 1.82) is 0 Å². The van der Waals surface area contributed by atoms with E-state index in [0.29, 0.717) is 5.75 Å². The van der Waals surface area contributed by atoms with Crippen LogP contribution in [0.25, 0.3) is 0 Å². The van der Waals surface area contributed by atoms with Gasteiger partial charge in [-0.25, -0.2) is 4.79 Å². The molecule has 1 N–H and O–H groups in total. The summed E-state index contributed by atoms with van der Waals surface area (Å²) >= 11 is 0. The van der Waals surface area contributed by atoms with Gasteiger partial charge in [0.15, 0.2) is 0 Å². The molecule has 0 amide bonds. The van der Waals surface area contributed by atoms with E-state index in [9.17, 15) is 4.79 Å². The van der Waals surface area contributed by atoms with E-state index in [1.165, 1.54) is 0 Å². The fourth-order valence-corrected chi connectivity index (χ4v) is 0.589. The van der Waals surface area contributed by atoms with Crippen LogP contribution in [-0.4, -0.2) is 30.1 Å². The summed E-state index contributed by atoms with van der Waals surface area (Å²) in [4.78, 5) is 9.95. The van der Waals surface area contributed by atoms with E-state index in [2.05, 4.69) is 4.74 Å². The molecule has 0 bridgehead atoms. The summed E-state index contributed by atoms with van der Waals surface area (Å²) in [5.41, 5.74) is 0. The molecule has 0 unspecified atom stereocenters. The summed E-state index contributed by atoms with van der Waals surface area (Å²) in [6.07, 6.45) is -1.29. The predicted molar refractivity (Wildman–Crippen MR) is 42.2 cm³/mol. The van der Waals surface area contributed by atoms with E-state index in [1.54, 1.807) is 30.3 Å². The summed E-state index contributed by atoms with van der Waals surface area (Å²) < 4.78 is 4.33. The zero-order valence-corrected chi connectivity index (χ0v) is 5.15. The molecule has 0 saturated heterocycles. The first-order valence-corrected chi connectivity index (χ1v) is 2.75. The standard InChI is InChI=1S/C7H6O3.Li.H/c8-7(9)10-6-4-2-1-3-5-6;;/h1-5H,(H,8,9);;. The molecular weight excluding hydrogens is 139 g/mol. The van der Waals surface area contributed by atoms with Crippen molar-refractivity contribution in [3.63, 3.8) is 0 Å². The minimum atomic E-state index is -1.29. The summed E-state index contributed by atoms with van der Waals surface area (Å²) in [6, 6.07) is 8.35. The van der Waals surface area contributed by atoms with Gasteiger partial charge in [-0.05, 0) is 12.1 Å². The number of hydrogen-bond donors (Lipinski definition) is 1. The van der Waals surface area contributed by atoms with Crippen molar-refractivity contribution >= 4 is 25.0 Å². The van der Waals surface area contributed by atoms with Crippen LogP contribution in [-0.2, 0) is 0 Å². The molecule has 3 nitrogen and oxygen atoms in total. The van der Waals surface area contributed by atoms with Gasteiger partial charge >= 0.3 is 25.0 Å². The van der Waals surface area contributed by atoms with Gasteiger partial charge in [0.2, 0.25) is 0 Å². The average Bonchev–Trinajstić information content (AvgIpc) is 1.88. The van der Waals surface area contributed by atoms with Crippen molar-refractivity contribution in [2.75, 3.05) is 0 Å². The summed E-state index contributed by atoms with van der Waals surface area (Å²) in [6.45, 7) is 0. The number of carboxylic acid groups (broad SMARTS) is 1. The maximum atomic E-state index is 9.95. The average molecular weight is 146 g/mol. The zero-order chi connectivity index (χ0) is 7.40. The predicted octanol–water partition coefficient (Wildman–Crippen LogP) is 1.09. The quantitative estimate of drug-likeness (QED) is 0.366. The third kappa shape index (κ3) is 3.71. The molecule has 0 aliphatic rings. The van der Waals surface area contributed by atoms with Gasteiger partial charge < -0.3 is 9.84 Å². The Morgan fingerprint density at radius 3 is 2.27 bits per heavy atom. The summed E-state index contributed by atoms with van der Waals surface area (Å²) in [7, 11) is 0. The van der Waals surface area contributed by atoms with Crippen molar-refractivity contribution in [1.82, 2.24) is 0 Å². The Hall–Kier alpha value is -0.913. The fourth-order valence-electron chi connectivity index (χ4n) is 0.589. The Morgan fingerprint density at radius 1 is 1.27 bits per heavy atom. The van der Waals surface area contributed by atoms with E-state index in [4.69, 9.17) is 5.11 Å². The molecule has 4 heteroatoms. The second-order valence-electron chi connectivity index (χ2n) is 1.68. The van der Waals surface area contributed by atoms with E-state index in [1.807, 2.05) is 0 Å². The molecule has 1 rings (SSSR count). The van der Waals surface area contributed by atoms with Crippen LogP contribution in [0.2, 0.25) is 0 Å². The number of ether oxygens (including phenoxy) is 1. The monoisotopic (exact) mass is 146 g/mol. The summed E-state index contributed by atoms with van der Waals surface area (Å²) in [5, 5.41) is 8.14. The first kappa shape index (κ1) is 10.1. The molecule has 0 aliphatic carbocycles. The van der Waals surface area contributed by atoms with Gasteiger partial charge in [0, 0.05) is 0 Å². The van der Waals surface area contributed by atoms with Gasteiger partial charge in [0.05, 0.1) is 0 Å². The minimum absolute atomic E-state index is 0. The molecule has 11 heavy (non-hydrogen) atoms. The number of carbonyl (C=O) groups is 1. The van der Waals surface area contributed by atoms with Crippen molar-refractivity contribution in [3.05, 3.63) is 30.3 Å². The van der Waals surface area contributed by atoms with Crippen LogP contribution in [0.5, 0.6) is 5.75 Å². The topological polar surface area (TPSA) is 46.5 Å². The molecule has 1 aromatic rings. The van der Waals surface area contributed by atoms with E-state index in [0.717, 1.165) is 0 Å². The van der Waals surface area contributed by atoms with Crippen molar-refractivity contribution in [2.24, 2.45) is 0 Å². The zero-order valence-electron chi connectivity index (χ0n) is 5.15. The number of rotatable bonds is 1. The fraction of sp³-hybridized carbons (Fsp3) is 0. The van der Waals surface area contributed by atoms with Crippen LogP contribution in [0.1, 0.15) is 0 Å². The molecule has 0 heterocycles. The van der Waals surface area contributed by atoms with Crippen LogP contribution in [0.4, 0.5) is 4.79 Å². The normalized spacial score (nSPS) is 8.00. The summed E-state index contributed by atoms with van der Waals surface area (Å²) in [5.74, 6) is 0.343. The molecule has 0 aromatic heterocycles. The molecule has 0 atom stereocenters. The van der Waals surface area contributed by atoms with Gasteiger partial charge in [-0.3, -0.25) is 0 Å². The molecule has 0 saturated carbocycles. The van der Waals surface area contributed by atoms with E-state index < -0.39 is 6.16 Å². The third-order valence-corrected chi connectivity index (χ3v) is 0.948. The Kier molecular flexibility index (Phi) is 4.43. The molecule has 0 aliphatic heterocycles. The van der Waals surface area contributed by atoms with Crippen LogP contribution in [0.3, 0.4) is 0 Å². The second kappa shape index (κ2) is 4.84. The molecule has 54 valence electrons. The molecule has 1 aromatic carbocycles.